The molecule has 13 heavy (non-hydrogen) atoms. The predicted octanol–water partition coefficient (Wildman–Crippen LogP) is -0.0514. The van der Waals surface area contributed by atoms with Gasteiger partial charge in [-0.3, -0.25) is 9.88 Å². The van der Waals surface area contributed by atoms with Gasteiger partial charge in [0.25, 0.3) is 0 Å². The van der Waals surface area contributed by atoms with Gasteiger partial charge in [0.05, 0.1) is 6.54 Å². The van der Waals surface area contributed by atoms with E-state index in [1.54, 1.807) is 7.05 Å². The summed E-state index contributed by atoms with van der Waals surface area (Å²) in [4.78, 5) is 15.8. The van der Waals surface area contributed by atoms with Gasteiger partial charge in [-0.05, 0) is 20.9 Å². The minimum Gasteiger partial charge on any atom is -0.297 e. The summed E-state index contributed by atoms with van der Waals surface area (Å²) in [6, 6.07) is 0.450. The maximum atomic E-state index is 11.0. The van der Waals surface area contributed by atoms with Gasteiger partial charge in [0.1, 0.15) is 5.82 Å². The summed E-state index contributed by atoms with van der Waals surface area (Å²) in [5, 5.41) is 4.04. The summed E-state index contributed by atoms with van der Waals surface area (Å²) in [5.41, 5.74) is -0.160. The van der Waals surface area contributed by atoms with Crippen LogP contribution < -0.4 is 5.69 Å². The number of nitrogens with one attached hydrogen (secondary N) is 1. The van der Waals surface area contributed by atoms with E-state index in [0.717, 1.165) is 0 Å². The monoisotopic (exact) mass is 184 g/mol. The SMILES string of the molecule is CC(C)N(C)Cc1nn(C)c(=O)[nH]1. The van der Waals surface area contributed by atoms with Gasteiger partial charge in [0.2, 0.25) is 0 Å². The summed E-state index contributed by atoms with van der Waals surface area (Å²) < 4.78 is 1.31. The molecule has 0 aliphatic heterocycles. The van der Waals surface area contributed by atoms with Gasteiger partial charge in [-0.25, -0.2) is 9.48 Å². The molecule has 0 unspecified atom stereocenters. The largest absolute Gasteiger partial charge is 0.343 e. The molecular weight excluding hydrogens is 168 g/mol. The molecule has 5 nitrogen and oxygen atoms in total. The second-order valence-electron chi connectivity index (χ2n) is 3.51. The number of rotatable bonds is 3. The van der Waals surface area contributed by atoms with Crippen molar-refractivity contribution in [2.45, 2.75) is 26.4 Å². The standard InChI is InChI=1S/C8H16N4O/c1-6(2)11(3)5-7-9-8(13)12(4)10-7/h6H,5H2,1-4H3,(H,9,10,13). The minimum absolute atomic E-state index is 0.160. The lowest BCUT2D eigenvalue weighted by Crippen LogP contribution is -2.26. The number of H-pyrrole nitrogens is 1. The van der Waals surface area contributed by atoms with Crippen molar-refractivity contribution in [3.05, 3.63) is 16.3 Å². The quantitative estimate of drug-likeness (QED) is 0.716. The van der Waals surface area contributed by atoms with Crippen LogP contribution in [0, 0.1) is 0 Å². The zero-order valence-electron chi connectivity index (χ0n) is 8.53. The Hall–Kier alpha value is -1.10. The average molecular weight is 184 g/mol. The molecule has 5 heteroatoms. The fraction of sp³-hybridized carbons (Fsp3) is 0.750. The Kier molecular flexibility index (Phi) is 2.87. The van der Waals surface area contributed by atoms with Crippen molar-refractivity contribution in [2.75, 3.05) is 7.05 Å². The Morgan fingerprint density at radius 1 is 1.62 bits per heavy atom. The predicted molar refractivity (Wildman–Crippen MR) is 50.4 cm³/mol. The highest BCUT2D eigenvalue weighted by molar-refractivity contribution is 4.81. The number of nitrogens with zero attached hydrogens (tertiary/aromatic N) is 3. The van der Waals surface area contributed by atoms with Gasteiger partial charge in [-0.2, -0.15) is 5.10 Å². The summed E-state index contributed by atoms with van der Waals surface area (Å²) in [6.07, 6.45) is 0. The molecule has 0 amide bonds. The van der Waals surface area contributed by atoms with E-state index >= 15 is 0 Å². The highest BCUT2D eigenvalue weighted by atomic mass is 16.1. The van der Waals surface area contributed by atoms with Crippen molar-refractivity contribution in [1.82, 2.24) is 19.7 Å². The lowest BCUT2D eigenvalue weighted by atomic mass is 10.3. The van der Waals surface area contributed by atoms with Crippen LogP contribution in [0.15, 0.2) is 4.79 Å². The molecule has 0 saturated carbocycles. The van der Waals surface area contributed by atoms with E-state index in [1.807, 2.05) is 7.05 Å². The van der Waals surface area contributed by atoms with Crippen LogP contribution in [-0.4, -0.2) is 32.8 Å². The molecule has 0 aliphatic carbocycles. The van der Waals surface area contributed by atoms with Crippen molar-refractivity contribution < 1.29 is 0 Å². The Labute approximate surface area is 77.4 Å². The molecule has 0 saturated heterocycles. The van der Waals surface area contributed by atoms with Crippen LogP contribution in [0.3, 0.4) is 0 Å². The fourth-order valence-corrected chi connectivity index (χ4v) is 0.946. The van der Waals surface area contributed by atoms with E-state index < -0.39 is 0 Å². The second-order valence-corrected chi connectivity index (χ2v) is 3.51. The van der Waals surface area contributed by atoms with E-state index in [9.17, 15) is 4.79 Å². The third-order valence-corrected chi connectivity index (χ3v) is 2.10. The molecule has 0 spiro atoms. The van der Waals surface area contributed by atoms with Crippen LogP contribution in [-0.2, 0) is 13.6 Å². The van der Waals surface area contributed by atoms with E-state index in [1.165, 1.54) is 4.68 Å². The van der Waals surface area contributed by atoms with E-state index in [2.05, 4.69) is 28.8 Å². The van der Waals surface area contributed by atoms with E-state index in [4.69, 9.17) is 0 Å². The van der Waals surface area contributed by atoms with E-state index in [-0.39, 0.29) is 5.69 Å². The number of aryl methyl sites for hydroxylation is 1. The smallest absolute Gasteiger partial charge is 0.297 e. The molecule has 0 aromatic carbocycles. The number of aromatic amines is 1. The Balaban J connectivity index is 2.70. The second kappa shape index (κ2) is 3.74. The average Bonchev–Trinajstić information content (AvgIpc) is 2.31. The third-order valence-electron chi connectivity index (χ3n) is 2.10. The molecule has 1 aromatic heterocycles. The van der Waals surface area contributed by atoms with Crippen molar-refractivity contribution in [3.8, 4) is 0 Å². The van der Waals surface area contributed by atoms with Crippen molar-refractivity contribution in [2.24, 2.45) is 7.05 Å². The number of hydrogen-bond acceptors (Lipinski definition) is 3. The first-order chi connectivity index (χ1) is 6.00. The van der Waals surface area contributed by atoms with Gasteiger partial charge in [-0.1, -0.05) is 0 Å². The first kappa shape index (κ1) is 9.98. The molecular formula is C8H16N4O. The maximum absolute atomic E-state index is 11.0. The Morgan fingerprint density at radius 2 is 2.23 bits per heavy atom. The topological polar surface area (TPSA) is 53.9 Å². The molecule has 0 atom stereocenters. The van der Waals surface area contributed by atoms with Gasteiger partial charge in [-0.15, -0.1) is 0 Å². The zero-order chi connectivity index (χ0) is 10.0. The Bertz CT molecular complexity index is 325. The van der Waals surface area contributed by atoms with Gasteiger partial charge < -0.3 is 0 Å². The molecule has 0 aliphatic rings. The van der Waals surface area contributed by atoms with Crippen LogP contribution in [0.5, 0.6) is 0 Å². The molecule has 0 fully saturated rings. The van der Waals surface area contributed by atoms with Gasteiger partial charge in [0, 0.05) is 13.1 Å². The molecule has 1 aromatic rings. The van der Waals surface area contributed by atoms with Crippen LogP contribution in [0.1, 0.15) is 19.7 Å². The molecule has 1 rings (SSSR count). The first-order valence-corrected chi connectivity index (χ1v) is 4.33. The first-order valence-electron chi connectivity index (χ1n) is 4.33. The fourth-order valence-electron chi connectivity index (χ4n) is 0.946. The lowest BCUT2D eigenvalue weighted by molar-refractivity contribution is 0.259. The normalized spacial score (nSPS) is 11.5. The maximum Gasteiger partial charge on any atom is 0.343 e. The summed E-state index contributed by atoms with van der Waals surface area (Å²) >= 11 is 0. The molecule has 1 N–H and O–H groups in total. The molecule has 0 radical (unpaired) electrons. The number of aromatic nitrogens is 3. The summed E-state index contributed by atoms with van der Waals surface area (Å²) in [6.45, 7) is 4.87. The minimum atomic E-state index is -0.160. The van der Waals surface area contributed by atoms with Crippen molar-refractivity contribution in [1.29, 1.82) is 0 Å². The van der Waals surface area contributed by atoms with Crippen LogP contribution in [0.4, 0.5) is 0 Å². The molecule has 1 heterocycles. The summed E-state index contributed by atoms with van der Waals surface area (Å²) in [5.74, 6) is 0.712. The van der Waals surface area contributed by atoms with Gasteiger partial charge in [0.15, 0.2) is 0 Å². The van der Waals surface area contributed by atoms with Crippen LogP contribution in [0.25, 0.3) is 0 Å². The Morgan fingerprint density at radius 3 is 2.62 bits per heavy atom. The van der Waals surface area contributed by atoms with Crippen LogP contribution in [0.2, 0.25) is 0 Å². The number of hydrogen-bond donors (Lipinski definition) is 1. The highest BCUT2D eigenvalue weighted by Gasteiger charge is 2.07. The van der Waals surface area contributed by atoms with E-state index in [0.29, 0.717) is 18.4 Å². The highest BCUT2D eigenvalue weighted by Crippen LogP contribution is 1.98. The third kappa shape index (κ3) is 2.42. The van der Waals surface area contributed by atoms with Crippen molar-refractivity contribution >= 4 is 0 Å². The lowest BCUT2D eigenvalue weighted by Gasteiger charge is -2.18. The molecule has 74 valence electrons. The summed E-state index contributed by atoms with van der Waals surface area (Å²) in [7, 11) is 3.63. The van der Waals surface area contributed by atoms with Gasteiger partial charge >= 0.3 is 5.69 Å². The molecule has 0 bridgehead atoms. The zero-order valence-corrected chi connectivity index (χ0v) is 8.53. The van der Waals surface area contributed by atoms with Crippen molar-refractivity contribution in [3.63, 3.8) is 0 Å². The van der Waals surface area contributed by atoms with Crippen LogP contribution >= 0.6 is 0 Å².